The van der Waals surface area contributed by atoms with Crippen LogP contribution in [0.1, 0.15) is 44.2 Å². The lowest BCUT2D eigenvalue weighted by Crippen LogP contribution is -2.42. The maximum atomic E-state index is 12.1. The van der Waals surface area contributed by atoms with Crippen molar-refractivity contribution in [2.45, 2.75) is 44.2 Å². The van der Waals surface area contributed by atoms with E-state index in [-0.39, 0.29) is 17.6 Å². The summed E-state index contributed by atoms with van der Waals surface area (Å²) in [4.78, 5) is 12.1. The van der Waals surface area contributed by atoms with Gasteiger partial charge < -0.3 is 15.4 Å². The summed E-state index contributed by atoms with van der Waals surface area (Å²) in [7, 11) is 3.62. The van der Waals surface area contributed by atoms with Crippen LogP contribution in [-0.2, 0) is 9.53 Å². The van der Waals surface area contributed by atoms with Crippen LogP contribution in [0.3, 0.4) is 0 Å². The van der Waals surface area contributed by atoms with Crippen molar-refractivity contribution in [3.8, 4) is 0 Å². The molecule has 110 valence electrons. The molecular formula is C16H24N2O2. The molecule has 0 radical (unpaired) electrons. The minimum atomic E-state index is -0.222. The molecule has 1 aliphatic rings. The van der Waals surface area contributed by atoms with Gasteiger partial charge in [0.15, 0.2) is 0 Å². The summed E-state index contributed by atoms with van der Waals surface area (Å²) in [6.45, 7) is 2.09. The molecule has 1 saturated carbocycles. The first kappa shape index (κ1) is 15.0. The van der Waals surface area contributed by atoms with E-state index >= 15 is 0 Å². The van der Waals surface area contributed by atoms with Crippen LogP contribution in [0.15, 0.2) is 24.3 Å². The van der Waals surface area contributed by atoms with Crippen LogP contribution in [-0.4, -0.2) is 25.7 Å². The van der Waals surface area contributed by atoms with Crippen LogP contribution >= 0.6 is 0 Å². The number of carbonyl (C=O) groups is 1. The Labute approximate surface area is 120 Å². The summed E-state index contributed by atoms with van der Waals surface area (Å²) in [5, 5.41) is 6.17. The lowest BCUT2D eigenvalue weighted by Gasteiger charge is -2.39. The molecule has 1 amide bonds. The number of hydrogen-bond acceptors (Lipinski definition) is 3. The molecule has 0 bridgehead atoms. The van der Waals surface area contributed by atoms with Crippen molar-refractivity contribution in [2.75, 3.05) is 19.5 Å². The number of amides is 1. The lowest BCUT2D eigenvalue weighted by atomic mass is 9.77. The van der Waals surface area contributed by atoms with Crippen LogP contribution in [0.4, 0.5) is 5.69 Å². The van der Waals surface area contributed by atoms with Gasteiger partial charge in [0.2, 0.25) is 5.91 Å². The second-order valence-corrected chi connectivity index (χ2v) is 5.60. The van der Waals surface area contributed by atoms with Gasteiger partial charge in [0, 0.05) is 18.8 Å². The Balaban J connectivity index is 1.97. The molecule has 20 heavy (non-hydrogen) atoms. The summed E-state index contributed by atoms with van der Waals surface area (Å²) in [6.07, 6.45) is 3.55. The third-order valence-corrected chi connectivity index (χ3v) is 4.28. The molecule has 0 saturated heterocycles. The summed E-state index contributed by atoms with van der Waals surface area (Å²) in [6, 6.07) is 8.22. The summed E-state index contributed by atoms with van der Waals surface area (Å²) < 4.78 is 5.49. The topological polar surface area (TPSA) is 50.4 Å². The van der Waals surface area contributed by atoms with E-state index in [9.17, 15) is 4.79 Å². The zero-order chi connectivity index (χ0) is 14.6. The van der Waals surface area contributed by atoms with Gasteiger partial charge in [-0.15, -0.1) is 0 Å². The average Bonchev–Trinajstić information content (AvgIpc) is 2.42. The highest BCUT2D eigenvalue weighted by atomic mass is 16.5. The molecule has 1 fully saturated rings. The van der Waals surface area contributed by atoms with Gasteiger partial charge in [-0.05, 0) is 50.9 Å². The largest absolute Gasteiger partial charge is 0.378 e. The molecule has 2 rings (SSSR count). The first-order valence-corrected chi connectivity index (χ1v) is 7.21. The summed E-state index contributed by atoms with van der Waals surface area (Å²) in [5.74, 6) is 0.0285. The Hall–Kier alpha value is -1.39. The van der Waals surface area contributed by atoms with Crippen molar-refractivity contribution in [3.05, 3.63) is 29.8 Å². The zero-order valence-corrected chi connectivity index (χ0v) is 12.5. The molecule has 1 aromatic rings. The van der Waals surface area contributed by atoms with Gasteiger partial charge >= 0.3 is 0 Å². The Kier molecular flexibility index (Phi) is 4.78. The van der Waals surface area contributed by atoms with E-state index in [1.54, 1.807) is 7.11 Å². The fourth-order valence-electron chi connectivity index (χ4n) is 2.57. The maximum absolute atomic E-state index is 12.1. The van der Waals surface area contributed by atoms with Crippen LogP contribution in [0, 0.1) is 0 Å². The molecule has 4 heteroatoms. The number of rotatable bonds is 6. The first-order chi connectivity index (χ1) is 9.58. The van der Waals surface area contributed by atoms with Crippen molar-refractivity contribution in [3.63, 3.8) is 0 Å². The van der Waals surface area contributed by atoms with E-state index in [4.69, 9.17) is 4.74 Å². The van der Waals surface area contributed by atoms with Crippen LogP contribution in [0.5, 0.6) is 0 Å². The number of methoxy groups -OCH3 is 1. The highest BCUT2D eigenvalue weighted by Crippen LogP contribution is 2.38. The molecule has 0 aromatic heterocycles. The molecule has 0 aliphatic heterocycles. The third kappa shape index (κ3) is 3.38. The van der Waals surface area contributed by atoms with Gasteiger partial charge in [-0.1, -0.05) is 12.1 Å². The average molecular weight is 276 g/mol. The lowest BCUT2D eigenvalue weighted by molar-refractivity contribution is -0.129. The van der Waals surface area contributed by atoms with Crippen LogP contribution in [0.2, 0.25) is 0 Å². The number of carbonyl (C=O) groups excluding carboxylic acids is 1. The van der Waals surface area contributed by atoms with E-state index in [0.29, 0.717) is 6.42 Å². The van der Waals surface area contributed by atoms with E-state index in [1.807, 2.05) is 25.2 Å². The van der Waals surface area contributed by atoms with Crippen molar-refractivity contribution in [1.29, 1.82) is 0 Å². The fraction of sp³-hybridized carbons (Fsp3) is 0.562. The number of ether oxygens (including phenoxy) is 1. The predicted octanol–water partition coefficient (Wildman–Crippen LogP) is 2.86. The highest BCUT2D eigenvalue weighted by molar-refractivity contribution is 5.91. The molecule has 4 nitrogen and oxygen atoms in total. The summed E-state index contributed by atoms with van der Waals surface area (Å²) in [5.41, 5.74) is 1.79. The minimum absolute atomic E-state index is 0.0285. The van der Waals surface area contributed by atoms with Crippen molar-refractivity contribution in [2.24, 2.45) is 0 Å². The van der Waals surface area contributed by atoms with Gasteiger partial charge in [0.05, 0.1) is 12.0 Å². The number of benzene rings is 1. The van der Waals surface area contributed by atoms with E-state index in [2.05, 4.69) is 23.6 Å². The smallest absolute Gasteiger partial charge is 0.227 e. The predicted molar refractivity (Wildman–Crippen MR) is 80.8 cm³/mol. The maximum Gasteiger partial charge on any atom is 0.227 e. The standard InChI is InChI=1S/C16H24N2O2/c1-12(17-2)13-6-4-7-14(10-13)18-15(19)11-16(20-3)8-5-9-16/h4,6-7,10,12,17H,5,8-9,11H2,1-3H3,(H,18,19). The van der Waals surface area contributed by atoms with Crippen molar-refractivity contribution in [1.82, 2.24) is 5.32 Å². The molecule has 1 atom stereocenters. The Morgan fingerprint density at radius 3 is 2.75 bits per heavy atom. The Bertz CT molecular complexity index is 464. The minimum Gasteiger partial charge on any atom is -0.378 e. The molecule has 1 aromatic carbocycles. The van der Waals surface area contributed by atoms with Gasteiger partial charge in [-0.25, -0.2) is 0 Å². The Morgan fingerprint density at radius 1 is 1.45 bits per heavy atom. The summed E-state index contributed by atoms with van der Waals surface area (Å²) >= 11 is 0. The monoisotopic (exact) mass is 276 g/mol. The number of nitrogens with one attached hydrogen (secondary N) is 2. The first-order valence-electron chi connectivity index (χ1n) is 7.21. The molecule has 0 spiro atoms. The fourth-order valence-corrected chi connectivity index (χ4v) is 2.57. The zero-order valence-electron chi connectivity index (χ0n) is 12.5. The highest BCUT2D eigenvalue weighted by Gasteiger charge is 2.38. The molecule has 2 N–H and O–H groups in total. The second-order valence-electron chi connectivity index (χ2n) is 5.60. The normalized spacial score (nSPS) is 18.1. The van der Waals surface area contributed by atoms with Gasteiger partial charge in [-0.3, -0.25) is 4.79 Å². The van der Waals surface area contributed by atoms with Gasteiger partial charge in [0.1, 0.15) is 0 Å². The Morgan fingerprint density at radius 2 is 2.20 bits per heavy atom. The molecule has 0 heterocycles. The molecule has 1 unspecified atom stereocenters. The van der Waals surface area contributed by atoms with E-state index < -0.39 is 0 Å². The van der Waals surface area contributed by atoms with Crippen LogP contribution < -0.4 is 10.6 Å². The SMILES string of the molecule is CNC(C)c1cccc(NC(=O)CC2(OC)CCC2)c1. The van der Waals surface area contributed by atoms with Crippen molar-refractivity contribution < 1.29 is 9.53 Å². The quantitative estimate of drug-likeness (QED) is 0.840. The number of hydrogen-bond donors (Lipinski definition) is 2. The van der Waals surface area contributed by atoms with Crippen molar-refractivity contribution >= 4 is 11.6 Å². The third-order valence-electron chi connectivity index (χ3n) is 4.28. The number of anilines is 1. The van der Waals surface area contributed by atoms with E-state index in [1.165, 1.54) is 0 Å². The van der Waals surface area contributed by atoms with Gasteiger partial charge in [-0.2, -0.15) is 0 Å². The van der Waals surface area contributed by atoms with Gasteiger partial charge in [0.25, 0.3) is 0 Å². The van der Waals surface area contributed by atoms with Crippen LogP contribution in [0.25, 0.3) is 0 Å². The molecular weight excluding hydrogens is 252 g/mol. The second kappa shape index (κ2) is 6.37. The molecule has 1 aliphatic carbocycles. The van der Waals surface area contributed by atoms with E-state index in [0.717, 1.165) is 30.5 Å².